The second-order valence-electron chi connectivity index (χ2n) is 5.39. The molecule has 2 N–H and O–H groups in total. The normalized spacial score (nSPS) is 26.9. The predicted octanol–water partition coefficient (Wildman–Crippen LogP) is 2.27. The van der Waals surface area contributed by atoms with Gasteiger partial charge in [-0.2, -0.15) is 0 Å². The number of carbonyl (C=O) groups is 1. The Hall–Kier alpha value is -0.870. The maximum absolute atomic E-state index is 12.1. The molecule has 0 aromatic carbocycles. The van der Waals surface area contributed by atoms with Crippen LogP contribution in [-0.2, 0) is 12.8 Å². The van der Waals surface area contributed by atoms with Gasteiger partial charge in [0.05, 0.1) is 11.0 Å². The number of thiophene rings is 1. The Balaban J connectivity index is 1.60. The Morgan fingerprint density at radius 1 is 1.28 bits per heavy atom. The first-order valence-electron chi connectivity index (χ1n) is 6.83. The molecule has 4 heteroatoms. The molecule has 1 fully saturated rings. The van der Waals surface area contributed by atoms with Gasteiger partial charge in [0.2, 0.25) is 0 Å². The second-order valence-corrected chi connectivity index (χ2v) is 6.53. The number of aryl methyl sites for hydroxylation is 2. The third-order valence-corrected chi connectivity index (χ3v) is 5.24. The zero-order chi connectivity index (χ0) is 12.5. The van der Waals surface area contributed by atoms with E-state index in [9.17, 15) is 9.90 Å². The molecule has 18 heavy (non-hydrogen) atoms. The van der Waals surface area contributed by atoms with Crippen LogP contribution < -0.4 is 5.32 Å². The molecule has 3 rings (SSSR count). The molecule has 98 valence electrons. The highest BCUT2D eigenvalue weighted by molar-refractivity contribution is 7.14. The summed E-state index contributed by atoms with van der Waals surface area (Å²) in [6, 6.07) is 2.32. The summed E-state index contributed by atoms with van der Waals surface area (Å²) in [5.41, 5.74) is 1.38. The number of carbonyl (C=O) groups excluding carboxylic acids is 1. The lowest BCUT2D eigenvalue weighted by Crippen LogP contribution is -2.38. The molecule has 2 aliphatic carbocycles. The SMILES string of the molecule is O=C(NC1CCC(O)CC1)c1cc2c(s1)CCC2. The lowest BCUT2D eigenvalue weighted by atomic mass is 9.93. The van der Waals surface area contributed by atoms with Gasteiger partial charge in [-0.1, -0.05) is 0 Å². The summed E-state index contributed by atoms with van der Waals surface area (Å²) in [4.78, 5) is 14.4. The standard InChI is InChI=1S/C14H19NO2S/c16-11-6-4-10(5-7-11)15-14(17)13-8-9-2-1-3-12(9)18-13/h8,10-11,16H,1-7H2,(H,15,17). The van der Waals surface area contributed by atoms with Crippen LogP contribution in [0.5, 0.6) is 0 Å². The highest BCUT2D eigenvalue weighted by Gasteiger charge is 2.23. The van der Waals surface area contributed by atoms with Gasteiger partial charge in [-0.15, -0.1) is 11.3 Å². The molecule has 1 aromatic heterocycles. The number of rotatable bonds is 2. The summed E-state index contributed by atoms with van der Waals surface area (Å²) in [5.74, 6) is 0.0794. The summed E-state index contributed by atoms with van der Waals surface area (Å²) < 4.78 is 0. The van der Waals surface area contributed by atoms with Crippen LogP contribution in [0, 0.1) is 0 Å². The third-order valence-electron chi connectivity index (χ3n) is 4.00. The van der Waals surface area contributed by atoms with Crippen LogP contribution in [0.4, 0.5) is 0 Å². The Kier molecular flexibility index (Phi) is 3.39. The summed E-state index contributed by atoms with van der Waals surface area (Å²) in [6.45, 7) is 0. The van der Waals surface area contributed by atoms with Crippen LogP contribution in [0.2, 0.25) is 0 Å². The van der Waals surface area contributed by atoms with Gasteiger partial charge in [0.15, 0.2) is 0 Å². The zero-order valence-corrected chi connectivity index (χ0v) is 11.3. The van der Waals surface area contributed by atoms with Crippen LogP contribution in [0.25, 0.3) is 0 Å². The molecule has 1 aromatic rings. The van der Waals surface area contributed by atoms with Crippen molar-refractivity contribution in [2.45, 2.75) is 57.1 Å². The average Bonchev–Trinajstić information content (AvgIpc) is 2.92. The van der Waals surface area contributed by atoms with Gasteiger partial charge in [0.1, 0.15) is 0 Å². The Bertz CT molecular complexity index is 425. The van der Waals surface area contributed by atoms with Crippen molar-refractivity contribution in [1.82, 2.24) is 5.32 Å². The number of aliphatic hydroxyl groups is 1. The maximum atomic E-state index is 12.1. The number of fused-ring (bicyclic) bond motifs is 1. The number of nitrogens with one attached hydrogen (secondary N) is 1. The number of amides is 1. The van der Waals surface area contributed by atoms with Crippen molar-refractivity contribution in [1.29, 1.82) is 0 Å². The van der Waals surface area contributed by atoms with E-state index in [1.807, 2.05) is 0 Å². The third kappa shape index (κ3) is 2.45. The van der Waals surface area contributed by atoms with E-state index in [-0.39, 0.29) is 18.1 Å². The first-order chi connectivity index (χ1) is 8.72. The van der Waals surface area contributed by atoms with Crippen LogP contribution in [-0.4, -0.2) is 23.2 Å². The smallest absolute Gasteiger partial charge is 0.261 e. The molecule has 3 nitrogen and oxygen atoms in total. The highest BCUT2D eigenvalue weighted by Crippen LogP contribution is 2.30. The predicted molar refractivity (Wildman–Crippen MR) is 72.1 cm³/mol. The van der Waals surface area contributed by atoms with Crippen LogP contribution in [0.15, 0.2) is 6.07 Å². The van der Waals surface area contributed by atoms with Crippen LogP contribution in [0.3, 0.4) is 0 Å². The fourth-order valence-corrected chi connectivity index (χ4v) is 4.07. The maximum Gasteiger partial charge on any atom is 0.261 e. The van der Waals surface area contributed by atoms with Gasteiger partial charge in [0, 0.05) is 10.9 Å². The van der Waals surface area contributed by atoms with Gasteiger partial charge in [0.25, 0.3) is 5.91 Å². The molecule has 2 aliphatic rings. The number of hydrogen-bond acceptors (Lipinski definition) is 3. The molecule has 0 radical (unpaired) electrons. The van der Waals surface area contributed by atoms with Crippen molar-refractivity contribution in [3.8, 4) is 0 Å². The first kappa shape index (κ1) is 12.2. The molecule has 0 unspecified atom stereocenters. The zero-order valence-electron chi connectivity index (χ0n) is 10.4. The molecule has 0 atom stereocenters. The first-order valence-corrected chi connectivity index (χ1v) is 7.64. The largest absolute Gasteiger partial charge is 0.393 e. The van der Waals surface area contributed by atoms with Gasteiger partial charge in [-0.3, -0.25) is 4.79 Å². The number of aliphatic hydroxyl groups excluding tert-OH is 1. The monoisotopic (exact) mass is 265 g/mol. The van der Waals surface area contributed by atoms with Gasteiger partial charge in [-0.05, 0) is 56.6 Å². The van der Waals surface area contributed by atoms with E-state index < -0.39 is 0 Å². The van der Waals surface area contributed by atoms with E-state index >= 15 is 0 Å². The van der Waals surface area contributed by atoms with Gasteiger partial charge >= 0.3 is 0 Å². The molecule has 1 heterocycles. The molecule has 1 saturated carbocycles. The number of hydrogen-bond donors (Lipinski definition) is 2. The fourth-order valence-electron chi connectivity index (χ4n) is 2.92. The van der Waals surface area contributed by atoms with Gasteiger partial charge in [-0.25, -0.2) is 0 Å². The molecule has 0 aliphatic heterocycles. The lowest BCUT2D eigenvalue weighted by Gasteiger charge is -2.25. The Labute approximate surface area is 111 Å². The van der Waals surface area contributed by atoms with Gasteiger partial charge < -0.3 is 10.4 Å². The fraction of sp³-hybridized carbons (Fsp3) is 0.643. The van der Waals surface area contributed by atoms with Crippen molar-refractivity contribution >= 4 is 17.2 Å². The molecular formula is C14H19NO2S. The quantitative estimate of drug-likeness (QED) is 0.862. The minimum absolute atomic E-state index is 0.0794. The van der Waals surface area contributed by atoms with Crippen molar-refractivity contribution < 1.29 is 9.90 Å². The topological polar surface area (TPSA) is 49.3 Å². The Morgan fingerprint density at radius 3 is 2.78 bits per heavy atom. The lowest BCUT2D eigenvalue weighted by molar-refractivity contribution is 0.0871. The highest BCUT2D eigenvalue weighted by atomic mass is 32.1. The van der Waals surface area contributed by atoms with E-state index in [0.29, 0.717) is 0 Å². The minimum atomic E-state index is -0.163. The summed E-state index contributed by atoms with van der Waals surface area (Å²) in [7, 11) is 0. The Morgan fingerprint density at radius 2 is 2.06 bits per heavy atom. The minimum Gasteiger partial charge on any atom is -0.393 e. The molecule has 0 saturated heterocycles. The van der Waals surface area contributed by atoms with Crippen LogP contribution >= 0.6 is 11.3 Å². The van der Waals surface area contributed by atoms with Crippen molar-refractivity contribution in [3.05, 3.63) is 21.4 Å². The molecule has 0 spiro atoms. The summed E-state index contributed by atoms with van der Waals surface area (Å²) in [6.07, 6.45) is 6.78. The molecule has 1 amide bonds. The van der Waals surface area contributed by atoms with Crippen molar-refractivity contribution in [2.24, 2.45) is 0 Å². The van der Waals surface area contributed by atoms with Crippen molar-refractivity contribution in [2.75, 3.05) is 0 Å². The van der Waals surface area contributed by atoms with Crippen LogP contribution in [0.1, 0.15) is 52.2 Å². The molecular weight excluding hydrogens is 246 g/mol. The van der Waals surface area contributed by atoms with E-state index in [1.165, 1.54) is 16.9 Å². The van der Waals surface area contributed by atoms with E-state index in [2.05, 4.69) is 11.4 Å². The second kappa shape index (κ2) is 5.02. The van der Waals surface area contributed by atoms with E-state index in [0.717, 1.165) is 43.4 Å². The van der Waals surface area contributed by atoms with Crippen molar-refractivity contribution in [3.63, 3.8) is 0 Å². The summed E-state index contributed by atoms with van der Waals surface area (Å²) in [5, 5.41) is 12.6. The van der Waals surface area contributed by atoms with E-state index in [1.54, 1.807) is 11.3 Å². The molecule has 0 bridgehead atoms. The van der Waals surface area contributed by atoms with E-state index in [4.69, 9.17) is 0 Å². The summed E-state index contributed by atoms with van der Waals surface area (Å²) >= 11 is 1.66. The average molecular weight is 265 g/mol.